The molecule has 5 nitrogen and oxygen atoms in total. The molecule has 0 amide bonds. The number of fused-ring (bicyclic) bond motifs is 1. The molecule has 2 aromatic rings. The van der Waals surface area contributed by atoms with Crippen LogP contribution >= 0.6 is 11.8 Å². The summed E-state index contributed by atoms with van der Waals surface area (Å²) in [6.07, 6.45) is 1.73. The van der Waals surface area contributed by atoms with Crippen LogP contribution in [0.15, 0.2) is 34.4 Å². The molecule has 0 fully saturated rings. The second kappa shape index (κ2) is 4.97. The molecule has 0 unspecified atom stereocenters. The van der Waals surface area contributed by atoms with Crippen molar-refractivity contribution in [1.82, 2.24) is 9.97 Å². The third-order valence-corrected chi connectivity index (χ3v) is 3.60. The van der Waals surface area contributed by atoms with Crippen molar-refractivity contribution in [3.63, 3.8) is 0 Å². The van der Waals surface area contributed by atoms with E-state index in [1.54, 1.807) is 12.3 Å². The lowest BCUT2D eigenvalue weighted by Crippen LogP contribution is -2.15. The molecule has 0 atom stereocenters. The van der Waals surface area contributed by atoms with Crippen LogP contribution in [0, 0.1) is 6.92 Å². The smallest absolute Gasteiger partial charge is 0.192 e. The van der Waals surface area contributed by atoms with Gasteiger partial charge in [0.1, 0.15) is 13.2 Å². The van der Waals surface area contributed by atoms with E-state index in [-0.39, 0.29) is 0 Å². The number of hydrogen-bond donors (Lipinski definition) is 1. The molecule has 98 valence electrons. The summed E-state index contributed by atoms with van der Waals surface area (Å²) in [4.78, 5) is 9.43. The van der Waals surface area contributed by atoms with Crippen molar-refractivity contribution >= 4 is 17.4 Å². The van der Waals surface area contributed by atoms with Crippen LogP contribution in [0.3, 0.4) is 0 Å². The molecule has 0 saturated carbocycles. The zero-order valence-corrected chi connectivity index (χ0v) is 11.2. The van der Waals surface area contributed by atoms with Crippen LogP contribution in [0.25, 0.3) is 0 Å². The van der Waals surface area contributed by atoms with Gasteiger partial charge in [0, 0.05) is 34.6 Å². The summed E-state index contributed by atoms with van der Waals surface area (Å²) in [6.45, 7) is 3.04. The van der Waals surface area contributed by atoms with Gasteiger partial charge >= 0.3 is 0 Å². The van der Waals surface area contributed by atoms with E-state index in [9.17, 15) is 0 Å². The first-order valence-corrected chi connectivity index (χ1v) is 6.70. The van der Waals surface area contributed by atoms with Gasteiger partial charge in [-0.15, -0.1) is 0 Å². The molecule has 19 heavy (non-hydrogen) atoms. The minimum atomic E-state index is 0.555. The number of nitrogen functional groups attached to an aromatic ring is 1. The molecule has 0 spiro atoms. The predicted octanol–water partition coefficient (Wildman–Crippen LogP) is 2.29. The van der Waals surface area contributed by atoms with E-state index >= 15 is 0 Å². The quantitative estimate of drug-likeness (QED) is 0.670. The highest BCUT2D eigenvalue weighted by atomic mass is 32.2. The Morgan fingerprint density at radius 2 is 1.95 bits per heavy atom. The van der Waals surface area contributed by atoms with Crippen molar-refractivity contribution in [3.8, 4) is 11.5 Å². The average Bonchev–Trinajstić information content (AvgIpc) is 2.40. The summed E-state index contributed by atoms with van der Waals surface area (Å²) in [5.74, 6) is 1.41. The summed E-state index contributed by atoms with van der Waals surface area (Å²) in [5, 5.41) is 0.670. The van der Waals surface area contributed by atoms with Gasteiger partial charge in [-0.1, -0.05) is 0 Å². The molecule has 1 aromatic carbocycles. The molecular weight excluding hydrogens is 262 g/mol. The van der Waals surface area contributed by atoms with E-state index in [2.05, 4.69) is 9.97 Å². The molecule has 6 heteroatoms. The number of hydrogen-bond acceptors (Lipinski definition) is 6. The summed E-state index contributed by atoms with van der Waals surface area (Å²) in [5.41, 5.74) is 7.58. The number of aryl methyl sites for hydroxylation is 1. The van der Waals surface area contributed by atoms with Gasteiger partial charge in [-0.25, -0.2) is 9.97 Å². The number of nitrogens with zero attached hydrogens (tertiary/aromatic N) is 2. The van der Waals surface area contributed by atoms with Gasteiger partial charge in [-0.05, 0) is 24.8 Å². The molecule has 2 N–H and O–H groups in total. The third-order valence-electron chi connectivity index (χ3n) is 2.65. The highest BCUT2D eigenvalue weighted by Gasteiger charge is 2.15. The largest absolute Gasteiger partial charge is 0.486 e. The molecule has 0 bridgehead atoms. The number of benzene rings is 1. The Balaban J connectivity index is 1.92. The maximum Gasteiger partial charge on any atom is 0.192 e. The van der Waals surface area contributed by atoms with Crippen LogP contribution in [0.5, 0.6) is 11.5 Å². The van der Waals surface area contributed by atoms with Crippen molar-refractivity contribution in [2.45, 2.75) is 17.0 Å². The number of ether oxygens (including phenoxy) is 2. The molecule has 1 aliphatic heterocycles. The van der Waals surface area contributed by atoms with Gasteiger partial charge < -0.3 is 15.2 Å². The van der Waals surface area contributed by atoms with Gasteiger partial charge in [0.05, 0.1) is 0 Å². The van der Waals surface area contributed by atoms with Crippen LogP contribution in [-0.2, 0) is 0 Å². The highest BCUT2D eigenvalue weighted by Crippen LogP contribution is 2.40. The third kappa shape index (κ3) is 2.58. The van der Waals surface area contributed by atoms with E-state index < -0.39 is 0 Å². The fourth-order valence-electron chi connectivity index (χ4n) is 1.75. The maximum absolute atomic E-state index is 6.02. The Hall–Kier alpha value is -1.95. The van der Waals surface area contributed by atoms with Crippen molar-refractivity contribution in [1.29, 1.82) is 0 Å². The van der Waals surface area contributed by atoms with Crippen LogP contribution in [0.2, 0.25) is 0 Å². The fraction of sp³-hybridized carbons (Fsp3) is 0.231. The summed E-state index contributed by atoms with van der Waals surface area (Å²) < 4.78 is 11.0. The predicted molar refractivity (Wildman–Crippen MR) is 72.7 cm³/mol. The monoisotopic (exact) mass is 275 g/mol. The van der Waals surface area contributed by atoms with E-state index in [1.165, 1.54) is 11.8 Å². The van der Waals surface area contributed by atoms with Gasteiger partial charge in [0.15, 0.2) is 16.7 Å². The van der Waals surface area contributed by atoms with Crippen LogP contribution in [0.1, 0.15) is 5.69 Å². The van der Waals surface area contributed by atoms with Crippen LogP contribution in [-0.4, -0.2) is 23.2 Å². The second-order valence-corrected chi connectivity index (χ2v) is 5.13. The zero-order chi connectivity index (χ0) is 13.2. The minimum Gasteiger partial charge on any atom is -0.486 e. The Morgan fingerprint density at radius 1 is 1.21 bits per heavy atom. The van der Waals surface area contributed by atoms with Crippen LogP contribution in [0.4, 0.5) is 5.69 Å². The Morgan fingerprint density at radius 3 is 2.68 bits per heavy atom. The van der Waals surface area contributed by atoms with Crippen LogP contribution < -0.4 is 15.2 Å². The van der Waals surface area contributed by atoms with Gasteiger partial charge in [-0.2, -0.15) is 0 Å². The molecule has 0 aliphatic carbocycles. The van der Waals surface area contributed by atoms with Crippen molar-refractivity contribution < 1.29 is 9.47 Å². The normalized spacial score (nSPS) is 13.3. The van der Waals surface area contributed by atoms with E-state index in [1.807, 2.05) is 19.1 Å². The Kier molecular flexibility index (Phi) is 3.16. The number of rotatable bonds is 2. The first kappa shape index (κ1) is 12.1. The lowest BCUT2D eigenvalue weighted by molar-refractivity contribution is 0.171. The fourth-order valence-corrected chi connectivity index (χ4v) is 2.59. The van der Waals surface area contributed by atoms with Gasteiger partial charge in [-0.3, -0.25) is 0 Å². The van der Waals surface area contributed by atoms with Crippen molar-refractivity contribution in [2.75, 3.05) is 18.9 Å². The molecule has 3 rings (SSSR count). The SMILES string of the molecule is Cc1ccnc(Sc2cc3c(cc2N)OCCO3)n1. The standard InChI is InChI=1S/C13H13N3O2S/c1-8-2-3-15-13(16-8)19-12-7-11-10(6-9(12)14)17-4-5-18-11/h2-3,6-7H,4-5,14H2,1H3. The molecule has 0 radical (unpaired) electrons. The Labute approximate surface area is 115 Å². The van der Waals surface area contributed by atoms with E-state index in [0.717, 1.165) is 16.3 Å². The lowest BCUT2D eigenvalue weighted by atomic mass is 10.2. The van der Waals surface area contributed by atoms with E-state index in [0.29, 0.717) is 29.8 Å². The molecule has 2 heterocycles. The zero-order valence-electron chi connectivity index (χ0n) is 10.4. The summed E-state index contributed by atoms with van der Waals surface area (Å²) in [6, 6.07) is 5.52. The second-order valence-electron chi connectivity index (χ2n) is 4.12. The topological polar surface area (TPSA) is 70.3 Å². The van der Waals surface area contributed by atoms with Crippen molar-refractivity contribution in [2.24, 2.45) is 0 Å². The lowest BCUT2D eigenvalue weighted by Gasteiger charge is -2.19. The highest BCUT2D eigenvalue weighted by molar-refractivity contribution is 7.99. The number of aromatic nitrogens is 2. The first-order valence-electron chi connectivity index (χ1n) is 5.89. The summed E-state index contributed by atoms with van der Waals surface area (Å²) in [7, 11) is 0. The molecular formula is C13H13N3O2S. The summed E-state index contributed by atoms with van der Waals surface area (Å²) >= 11 is 1.42. The van der Waals surface area contributed by atoms with Crippen molar-refractivity contribution in [3.05, 3.63) is 30.1 Å². The molecule has 1 aromatic heterocycles. The molecule has 0 saturated heterocycles. The maximum atomic E-state index is 6.02. The Bertz CT molecular complexity index is 619. The van der Waals surface area contributed by atoms with Gasteiger partial charge in [0.2, 0.25) is 0 Å². The van der Waals surface area contributed by atoms with Gasteiger partial charge in [0.25, 0.3) is 0 Å². The average molecular weight is 275 g/mol. The van der Waals surface area contributed by atoms with E-state index in [4.69, 9.17) is 15.2 Å². The molecule has 1 aliphatic rings. The first-order chi connectivity index (χ1) is 9.22. The number of nitrogens with two attached hydrogens (primary N) is 1. The number of anilines is 1. The minimum absolute atomic E-state index is 0.555.